The van der Waals surface area contributed by atoms with Gasteiger partial charge in [0.05, 0.1) is 12.3 Å². The van der Waals surface area contributed by atoms with E-state index in [1.54, 1.807) is 6.20 Å². The van der Waals surface area contributed by atoms with Crippen molar-refractivity contribution in [1.82, 2.24) is 16.0 Å². The predicted octanol–water partition coefficient (Wildman–Crippen LogP) is 1.41. The van der Waals surface area contributed by atoms with E-state index in [-0.39, 0.29) is 6.61 Å². The monoisotopic (exact) mass is 291 g/mol. The maximum atomic E-state index is 9.20. The fourth-order valence-electron chi connectivity index (χ4n) is 2.35. The topological polar surface area (TPSA) is 56.3 Å². The van der Waals surface area contributed by atoms with E-state index in [9.17, 15) is 5.11 Å². The molecule has 0 atom stereocenters. The van der Waals surface area contributed by atoms with Gasteiger partial charge in [0.2, 0.25) is 0 Å². The first-order valence-electron chi connectivity index (χ1n) is 7.74. The molecule has 0 fully saturated rings. The Morgan fingerprint density at radius 1 is 1.05 bits per heavy atom. The molecule has 0 heterocycles. The minimum Gasteiger partial charge on any atom is -0.393 e. The van der Waals surface area contributed by atoms with Crippen molar-refractivity contribution in [3.63, 3.8) is 0 Å². The number of aliphatic hydroxyl groups excluding tert-OH is 1. The molecule has 1 rings (SSSR count). The molecule has 0 amide bonds. The summed E-state index contributed by atoms with van der Waals surface area (Å²) in [5.41, 5.74) is 3.67. The van der Waals surface area contributed by atoms with E-state index in [1.165, 1.54) is 24.0 Å². The summed E-state index contributed by atoms with van der Waals surface area (Å²) in [6, 6.07) is 8.65. The molecule has 0 aliphatic rings. The average molecular weight is 291 g/mol. The molecule has 4 nitrogen and oxygen atoms in total. The Hall–Kier alpha value is -1.52. The Kier molecular flexibility index (Phi) is 9.33. The fourth-order valence-corrected chi connectivity index (χ4v) is 2.35. The van der Waals surface area contributed by atoms with Gasteiger partial charge in [0, 0.05) is 19.8 Å². The molecule has 21 heavy (non-hydrogen) atoms. The number of benzene rings is 1. The van der Waals surface area contributed by atoms with Gasteiger partial charge < -0.3 is 21.1 Å². The Bertz CT molecular complexity index is 418. The highest BCUT2D eigenvalue weighted by molar-refractivity contribution is 5.27. The summed E-state index contributed by atoms with van der Waals surface area (Å²) in [5.74, 6) is 0. The van der Waals surface area contributed by atoms with E-state index < -0.39 is 0 Å². The second kappa shape index (κ2) is 11.2. The molecule has 0 spiro atoms. The number of rotatable bonds is 11. The lowest BCUT2D eigenvalue weighted by atomic mass is 9.99. The normalized spacial score (nSPS) is 11.5. The molecule has 0 bridgehead atoms. The highest BCUT2D eigenvalue weighted by Gasteiger charge is 2.02. The minimum atomic E-state index is 0.0342. The van der Waals surface area contributed by atoms with Gasteiger partial charge in [0.25, 0.3) is 0 Å². The van der Waals surface area contributed by atoms with Crippen LogP contribution < -0.4 is 16.0 Å². The van der Waals surface area contributed by atoms with Crippen molar-refractivity contribution >= 4 is 0 Å². The lowest BCUT2D eigenvalue weighted by Crippen LogP contribution is -2.21. The SMILES string of the molecule is CN/C=C(/CO)NCCc1ccccc1CCCCNC. The van der Waals surface area contributed by atoms with Crippen LogP contribution in [0, 0.1) is 0 Å². The standard InChI is InChI=1S/C17H29N3O/c1-18-11-6-5-9-15-7-3-4-8-16(15)10-12-20-17(14-21)13-19-2/h3-4,7-8,13,18-21H,5-6,9-12,14H2,1-2H3/b17-13-. The summed E-state index contributed by atoms with van der Waals surface area (Å²) < 4.78 is 0. The zero-order chi connectivity index (χ0) is 15.3. The van der Waals surface area contributed by atoms with Gasteiger partial charge in [-0.1, -0.05) is 24.3 Å². The van der Waals surface area contributed by atoms with Crippen molar-refractivity contribution in [2.45, 2.75) is 25.7 Å². The molecule has 0 unspecified atom stereocenters. The van der Waals surface area contributed by atoms with Crippen LogP contribution in [0.1, 0.15) is 24.0 Å². The third-order valence-electron chi connectivity index (χ3n) is 3.48. The van der Waals surface area contributed by atoms with Crippen molar-refractivity contribution in [2.75, 3.05) is 33.8 Å². The highest BCUT2D eigenvalue weighted by atomic mass is 16.3. The van der Waals surface area contributed by atoms with E-state index in [2.05, 4.69) is 40.2 Å². The van der Waals surface area contributed by atoms with Crippen LogP contribution in [0.2, 0.25) is 0 Å². The number of nitrogens with one attached hydrogen (secondary N) is 3. The fraction of sp³-hybridized carbons (Fsp3) is 0.529. The Morgan fingerprint density at radius 3 is 2.38 bits per heavy atom. The maximum Gasteiger partial charge on any atom is 0.0842 e. The summed E-state index contributed by atoms with van der Waals surface area (Å²) in [5, 5.41) is 18.6. The highest BCUT2D eigenvalue weighted by Crippen LogP contribution is 2.12. The summed E-state index contributed by atoms with van der Waals surface area (Å²) >= 11 is 0. The third-order valence-corrected chi connectivity index (χ3v) is 3.48. The molecule has 0 aromatic heterocycles. The van der Waals surface area contributed by atoms with Crippen LogP contribution in [0.15, 0.2) is 36.2 Å². The summed E-state index contributed by atoms with van der Waals surface area (Å²) in [7, 11) is 3.83. The zero-order valence-electron chi connectivity index (χ0n) is 13.3. The van der Waals surface area contributed by atoms with Crippen LogP contribution in [-0.2, 0) is 12.8 Å². The molecular formula is C17H29N3O. The molecule has 4 heteroatoms. The Morgan fingerprint density at radius 2 is 1.76 bits per heavy atom. The van der Waals surface area contributed by atoms with E-state index in [4.69, 9.17) is 0 Å². The first-order valence-corrected chi connectivity index (χ1v) is 7.74. The molecule has 0 saturated heterocycles. The van der Waals surface area contributed by atoms with Gasteiger partial charge in [0.15, 0.2) is 0 Å². The van der Waals surface area contributed by atoms with Crippen LogP contribution >= 0.6 is 0 Å². The molecule has 1 aromatic carbocycles. The van der Waals surface area contributed by atoms with Gasteiger partial charge in [-0.15, -0.1) is 0 Å². The molecular weight excluding hydrogens is 262 g/mol. The molecule has 4 N–H and O–H groups in total. The first kappa shape index (κ1) is 17.5. The molecule has 118 valence electrons. The first-order chi connectivity index (χ1) is 10.3. The molecule has 0 aliphatic carbocycles. The maximum absolute atomic E-state index is 9.20. The second-order valence-corrected chi connectivity index (χ2v) is 5.12. The van der Waals surface area contributed by atoms with Gasteiger partial charge >= 0.3 is 0 Å². The van der Waals surface area contributed by atoms with Crippen LogP contribution in [-0.4, -0.2) is 38.9 Å². The summed E-state index contributed by atoms with van der Waals surface area (Å²) in [4.78, 5) is 0. The van der Waals surface area contributed by atoms with E-state index in [1.807, 2.05) is 14.1 Å². The third kappa shape index (κ3) is 7.16. The van der Waals surface area contributed by atoms with E-state index in [0.717, 1.165) is 31.6 Å². The Labute approximate surface area is 128 Å². The van der Waals surface area contributed by atoms with Crippen molar-refractivity contribution in [3.05, 3.63) is 47.3 Å². The Balaban J connectivity index is 2.45. The van der Waals surface area contributed by atoms with Gasteiger partial charge in [-0.05, 0) is 50.4 Å². The van der Waals surface area contributed by atoms with Crippen LogP contribution in [0.5, 0.6) is 0 Å². The predicted molar refractivity (Wildman–Crippen MR) is 89.2 cm³/mol. The number of unbranched alkanes of at least 4 members (excludes halogenated alkanes) is 1. The van der Waals surface area contributed by atoms with E-state index >= 15 is 0 Å². The molecule has 0 radical (unpaired) electrons. The molecule has 0 saturated carbocycles. The smallest absolute Gasteiger partial charge is 0.0842 e. The number of aliphatic hydroxyl groups is 1. The van der Waals surface area contributed by atoms with Crippen molar-refractivity contribution in [2.24, 2.45) is 0 Å². The summed E-state index contributed by atoms with van der Waals surface area (Å²) in [6.07, 6.45) is 6.33. The number of aryl methyl sites for hydroxylation is 1. The van der Waals surface area contributed by atoms with Crippen LogP contribution in [0.25, 0.3) is 0 Å². The number of hydrogen-bond acceptors (Lipinski definition) is 4. The largest absolute Gasteiger partial charge is 0.393 e. The van der Waals surface area contributed by atoms with Crippen LogP contribution in [0.4, 0.5) is 0 Å². The lowest BCUT2D eigenvalue weighted by molar-refractivity contribution is 0.320. The van der Waals surface area contributed by atoms with Gasteiger partial charge in [-0.25, -0.2) is 0 Å². The molecule has 1 aromatic rings. The van der Waals surface area contributed by atoms with Crippen molar-refractivity contribution in [3.8, 4) is 0 Å². The molecule has 0 aliphatic heterocycles. The van der Waals surface area contributed by atoms with Crippen molar-refractivity contribution in [1.29, 1.82) is 0 Å². The minimum absolute atomic E-state index is 0.0342. The van der Waals surface area contributed by atoms with Crippen molar-refractivity contribution < 1.29 is 5.11 Å². The van der Waals surface area contributed by atoms with E-state index in [0.29, 0.717) is 0 Å². The summed E-state index contributed by atoms with van der Waals surface area (Å²) in [6.45, 7) is 1.95. The quantitative estimate of drug-likeness (QED) is 0.466. The lowest BCUT2D eigenvalue weighted by Gasteiger charge is -2.12. The zero-order valence-corrected chi connectivity index (χ0v) is 13.3. The second-order valence-electron chi connectivity index (χ2n) is 5.12. The van der Waals surface area contributed by atoms with Gasteiger partial charge in [-0.3, -0.25) is 0 Å². The van der Waals surface area contributed by atoms with Gasteiger partial charge in [-0.2, -0.15) is 0 Å². The van der Waals surface area contributed by atoms with Gasteiger partial charge in [0.1, 0.15) is 0 Å². The average Bonchev–Trinajstić information content (AvgIpc) is 2.52. The van der Waals surface area contributed by atoms with Crippen LogP contribution in [0.3, 0.4) is 0 Å². The number of hydrogen-bond donors (Lipinski definition) is 4.